The van der Waals surface area contributed by atoms with E-state index in [0.717, 1.165) is 44.8 Å². The average Bonchev–Trinajstić information content (AvgIpc) is 3.56. The van der Waals surface area contributed by atoms with Crippen molar-refractivity contribution in [3.8, 4) is 34.4 Å². The number of hydrogen-bond donors (Lipinski definition) is 0. The van der Waals surface area contributed by atoms with Crippen LogP contribution < -0.4 is 9.47 Å². The summed E-state index contributed by atoms with van der Waals surface area (Å²) >= 11 is 0. The molecular formula is C30H22N2O4. The first-order valence-electron chi connectivity index (χ1n) is 11.5. The van der Waals surface area contributed by atoms with Crippen LogP contribution in [-0.2, 0) is 0 Å². The van der Waals surface area contributed by atoms with Crippen molar-refractivity contribution < 1.29 is 18.3 Å². The molecule has 0 spiro atoms. The standard InChI is InChI=1S/C30H22N2O4/c1-33-23-13-15-25-27(17-23)35-29(31-25)21-9-5-19(6-10-21)3-4-20-7-11-22(12-8-20)30-32-26-16-14-24(34-2)18-28(26)36-30/h3-18H,1-2H3/b4-3+. The minimum atomic E-state index is 0.585. The Labute approximate surface area is 207 Å². The third-order valence-corrected chi connectivity index (χ3v) is 5.97. The largest absolute Gasteiger partial charge is 0.497 e. The van der Waals surface area contributed by atoms with E-state index in [1.165, 1.54) is 0 Å². The van der Waals surface area contributed by atoms with Gasteiger partial charge in [0.2, 0.25) is 11.8 Å². The molecule has 0 aliphatic carbocycles. The van der Waals surface area contributed by atoms with Gasteiger partial charge in [0, 0.05) is 23.3 Å². The van der Waals surface area contributed by atoms with E-state index >= 15 is 0 Å². The van der Waals surface area contributed by atoms with E-state index in [1.807, 2.05) is 84.9 Å². The molecule has 0 N–H and O–H groups in total. The van der Waals surface area contributed by atoms with Crippen molar-refractivity contribution >= 4 is 34.4 Å². The molecule has 6 rings (SSSR count). The summed E-state index contributed by atoms with van der Waals surface area (Å²) in [4.78, 5) is 9.16. The molecule has 0 saturated carbocycles. The normalized spacial score (nSPS) is 11.5. The van der Waals surface area contributed by atoms with Crippen LogP contribution in [0.25, 0.3) is 57.3 Å². The van der Waals surface area contributed by atoms with Gasteiger partial charge in [-0.3, -0.25) is 0 Å². The molecule has 0 amide bonds. The number of oxazole rings is 2. The van der Waals surface area contributed by atoms with Gasteiger partial charge in [0.15, 0.2) is 11.2 Å². The lowest BCUT2D eigenvalue weighted by atomic mass is 10.1. The topological polar surface area (TPSA) is 70.5 Å². The van der Waals surface area contributed by atoms with Gasteiger partial charge in [-0.25, -0.2) is 9.97 Å². The average molecular weight is 475 g/mol. The quantitative estimate of drug-likeness (QED) is 0.233. The van der Waals surface area contributed by atoms with E-state index < -0.39 is 0 Å². The number of nitrogens with zero attached hydrogens (tertiary/aromatic N) is 2. The Balaban J connectivity index is 1.17. The first kappa shape index (κ1) is 21.7. The molecule has 36 heavy (non-hydrogen) atoms. The summed E-state index contributed by atoms with van der Waals surface area (Å²) in [5, 5.41) is 0. The van der Waals surface area contributed by atoms with Crippen LogP contribution in [0.1, 0.15) is 11.1 Å². The lowest BCUT2D eigenvalue weighted by Crippen LogP contribution is -1.80. The predicted molar refractivity (Wildman–Crippen MR) is 141 cm³/mol. The van der Waals surface area contributed by atoms with E-state index in [2.05, 4.69) is 22.1 Å². The maximum atomic E-state index is 5.92. The Hall–Kier alpha value is -4.84. The maximum Gasteiger partial charge on any atom is 0.227 e. The molecule has 2 aromatic heterocycles. The minimum absolute atomic E-state index is 0.585. The van der Waals surface area contributed by atoms with Crippen LogP contribution in [0.3, 0.4) is 0 Å². The highest BCUT2D eigenvalue weighted by Crippen LogP contribution is 2.29. The summed E-state index contributed by atoms with van der Waals surface area (Å²) in [5.74, 6) is 2.66. The van der Waals surface area contributed by atoms with Crippen molar-refractivity contribution in [1.29, 1.82) is 0 Å². The molecule has 0 unspecified atom stereocenters. The maximum absolute atomic E-state index is 5.92. The molecule has 0 fully saturated rings. The number of benzene rings is 4. The minimum Gasteiger partial charge on any atom is -0.497 e. The van der Waals surface area contributed by atoms with Gasteiger partial charge in [-0.15, -0.1) is 0 Å². The van der Waals surface area contributed by atoms with Gasteiger partial charge in [-0.2, -0.15) is 0 Å². The van der Waals surface area contributed by atoms with Crippen molar-refractivity contribution in [3.63, 3.8) is 0 Å². The molecule has 2 heterocycles. The SMILES string of the molecule is COc1ccc2nc(-c3ccc(/C=C/c4ccc(-c5nc6ccc(OC)cc6o5)cc4)cc3)oc2c1. The number of hydrogen-bond acceptors (Lipinski definition) is 6. The second kappa shape index (κ2) is 9.07. The summed E-state index contributed by atoms with van der Waals surface area (Å²) in [5.41, 5.74) is 7.00. The monoisotopic (exact) mass is 474 g/mol. The molecule has 6 heteroatoms. The van der Waals surface area contributed by atoms with E-state index in [0.29, 0.717) is 22.9 Å². The first-order valence-corrected chi connectivity index (χ1v) is 11.5. The van der Waals surface area contributed by atoms with Crippen LogP contribution in [0.4, 0.5) is 0 Å². The van der Waals surface area contributed by atoms with Gasteiger partial charge in [-0.05, 0) is 59.7 Å². The van der Waals surface area contributed by atoms with Gasteiger partial charge in [0.25, 0.3) is 0 Å². The summed E-state index contributed by atoms with van der Waals surface area (Å²) in [6.07, 6.45) is 4.14. The molecule has 4 aromatic carbocycles. The van der Waals surface area contributed by atoms with Crippen molar-refractivity contribution in [2.45, 2.75) is 0 Å². The number of fused-ring (bicyclic) bond motifs is 2. The molecule has 0 bridgehead atoms. The zero-order valence-corrected chi connectivity index (χ0v) is 19.8. The van der Waals surface area contributed by atoms with Gasteiger partial charge in [0.05, 0.1) is 14.2 Å². The fourth-order valence-corrected chi connectivity index (χ4v) is 3.98. The van der Waals surface area contributed by atoms with Crippen LogP contribution in [0.5, 0.6) is 11.5 Å². The Morgan fingerprint density at radius 1 is 0.556 bits per heavy atom. The van der Waals surface area contributed by atoms with Gasteiger partial charge in [0.1, 0.15) is 22.5 Å². The highest BCUT2D eigenvalue weighted by atomic mass is 16.5. The number of rotatable bonds is 6. The molecule has 176 valence electrons. The Morgan fingerprint density at radius 3 is 1.36 bits per heavy atom. The van der Waals surface area contributed by atoms with Crippen molar-refractivity contribution in [2.75, 3.05) is 14.2 Å². The highest BCUT2D eigenvalue weighted by Gasteiger charge is 2.10. The lowest BCUT2D eigenvalue weighted by Gasteiger charge is -1.99. The van der Waals surface area contributed by atoms with Crippen molar-refractivity contribution in [3.05, 3.63) is 96.1 Å². The van der Waals surface area contributed by atoms with Crippen LogP contribution in [0.2, 0.25) is 0 Å². The Bertz CT molecular complexity index is 1570. The van der Waals surface area contributed by atoms with E-state index in [1.54, 1.807) is 14.2 Å². The van der Waals surface area contributed by atoms with Crippen molar-refractivity contribution in [1.82, 2.24) is 9.97 Å². The smallest absolute Gasteiger partial charge is 0.227 e. The summed E-state index contributed by atoms with van der Waals surface area (Å²) in [7, 11) is 3.27. The summed E-state index contributed by atoms with van der Waals surface area (Å²) < 4.78 is 22.3. The number of ether oxygens (including phenoxy) is 2. The van der Waals surface area contributed by atoms with Gasteiger partial charge < -0.3 is 18.3 Å². The lowest BCUT2D eigenvalue weighted by molar-refractivity contribution is 0.414. The Morgan fingerprint density at radius 2 is 0.972 bits per heavy atom. The molecule has 0 saturated heterocycles. The number of aromatic nitrogens is 2. The molecular weight excluding hydrogens is 452 g/mol. The first-order chi connectivity index (χ1) is 17.7. The van der Waals surface area contributed by atoms with E-state index in [4.69, 9.17) is 18.3 Å². The third kappa shape index (κ3) is 4.20. The number of methoxy groups -OCH3 is 2. The summed E-state index contributed by atoms with van der Waals surface area (Å²) in [6, 6.07) is 27.4. The van der Waals surface area contributed by atoms with E-state index in [9.17, 15) is 0 Å². The van der Waals surface area contributed by atoms with Crippen LogP contribution in [0.15, 0.2) is 93.8 Å². The third-order valence-electron chi connectivity index (χ3n) is 5.97. The molecule has 0 radical (unpaired) electrons. The zero-order chi connectivity index (χ0) is 24.5. The highest BCUT2D eigenvalue weighted by molar-refractivity contribution is 5.79. The second-order valence-electron chi connectivity index (χ2n) is 8.28. The fraction of sp³-hybridized carbons (Fsp3) is 0.0667. The predicted octanol–water partition coefficient (Wildman–Crippen LogP) is 7.49. The molecule has 0 aliphatic heterocycles. The Kier molecular flexibility index (Phi) is 5.46. The van der Waals surface area contributed by atoms with Crippen LogP contribution >= 0.6 is 0 Å². The second-order valence-corrected chi connectivity index (χ2v) is 8.28. The molecule has 6 aromatic rings. The molecule has 0 atom stereocenters. The van der Waals surface area contributed by atoms with Crippen LogP contribution in [0, 0.1) is 0 Å². The van der Waals surface area contributed by atoms with E-state index in [-0.39, 0.29) is 0 Å². The molecule has 6 nitrogen and oxygen atoms in total. The van der Waals surface area contributed by atoms with Gasteiger partial charge >= 0.3 is 0 Å². The van der Waals surface area contributed by atoms with Crippen molar-refractivity contribution in [2.24, 2.45) is 0 Å². The summed E-state index contributed by atoms with van der Waals surface area (Å²) in [6.45, 7) is 0. The fourth-order valence-electron chi connectivity index (χ4n) is 3.98. The zero-order valence-electron chi connectivity index (χ0n) is 19.8. The van der Waals surface area contributed by atoms with Gasteiger partial charge in [-0.1, -0.05) is 36.4 Å². The van der Waals surface area contributed by atoms with Crippen LogP contribution in [-0.4, -0.2) is 24.2 Å². The molecule has 0 aliphatic rings.